The van der Waals surface area contributed by atoms with Crippen molar-refractivity contribution in [3.05, 3.63) is 23.9 Å². The Kier molecular flexibility index (Phi) is 3.26. The summed E-state index contributed by atoms with van der Waals surface area (Å²) in [5.41, 5.74) is -0.599. The molecule has 98 valence electrons. The minimum Gasteiger partial charge on any atom is -0.477 e. The molecule has 1 aromatic heterocycles. The summed E-state index contributed by atoms with van der Waals surface area (Å²) in [5.74, 6) is -0.229. The number of piperidine rings is 1. The molecule has 2 heterocycles. The molecule has 0 amide bonds. The number of aliphatic hydroxyl groups is 1. The van der Waals surface area contributed by atoms with Gasteiger partial charge in [-0.05, 0) is 25.5 Å². The zero-order valence-electron chi connectivity index (χ0n) is 10.6. The summed E-state index contributed by atoms with van der Waals surface area (Å²) in [6.07, 6.45) is 0.660. The van der Waals surface area contributed by atoms with E-state index in [2.05, 4.69) is 4.98 Å². The van der Waals surface area contributed by atoms with Crippen molar-refractivity contribution < 1.29 is 15.0 Å². The van der Waals surface area contributed by atoms with E-state index >= 15 is 0 Å². The number of carboxylic acid groups (broad SMARTS) is 1. The van der Waals surface area contributed by atoms with Crippen molar-refractivity contribution in [3.8, 4) is 0 Å². The van der Waals surface area contributed by atoms with Gasteiger partial charge in [0.05, 0.1) is 5.60 Å². The Morgan fingerprint density at radius 1 is 1.56 bits per heavy atom. The molecule has 1 aromatic rings. The van der Waals surface area contributed by atoms with Crippen molar-refractivity contribution >= 4 is 11.8 Å². The summed E-state index contributed by atoms with van der Waals surface area (Å²) in [6, 6.07) is 4.98. The minimum atomic E-state index is -1.02. The van der Waals surface area contributed by atoms with E-state index in [1.807, 2.05) is 18.7 Å². The van der Waals surface area contributed by atoms with Crippen LogP contribution >= 0.6 is 0 Å². The smallest absolute Gasteiger partial charge is 0.354 e. The molecule has 0 saturated carbocycles. The minimum absolute atomic E-state index is 0.0532. The largest absolute Gasteiger partial charge is 0.477 e. The molecule has 2 rings (SSSR count). The van der Waals surface area contributed by atoms with E-state index < -0.39 is 11.6 Å². The highest BCUT2D eigenvalue weighted by Crippen LogP contribution is 2.29. The molecule has 1 fully saturated rings. The Bertz CT molecular complexity index is 459. The zero-order chi connectivity index (χ0) is 13.3. The molecule has 2 N–H and O–H groups in total. The number of carboxylic acids is 1. The molecular formula is C13H18N2O3. The van der Waals surface area contributed by atoms with Crippen LogP contribution in [0.5, 0.6) is 0 Å². The Hall–Kier alpha value is -1.62. The zero-order valence-corrected chi connectivity index (χ0v) is 10.6. The second-order valence-electron chi connectivity index (χ2n) is 5.14. The highest BCUT2D eigenvalue weighted by Gasteiger charge is 2.34. The summed E-state index contributed by atoms with van der Waals surface area (Å²) in [7, 11) is 0. The Morgan fingerprint density at radius 2 is 2.28 bits per heavy atom. The lowest BCUT2D eigenvalue weighted by atomic mass is 9.84. The van der Waals surface area contributed by atoms with Crippen molar-refractivity contribution in [3.63, 3.8) is 0 Å². The second kappa shape index (κ2) is 4.57. The van der Waals surface area contributed by atoms with E-state index in [4.69, 9.17) is 5.11 Å². The summed E-state index contributed by atoms with van der Waals surface area (Å²) in [5, 5.41) is 19.0. The molecule has 0 spiro atoms. The summed E-state index contributed by atoms with van der Waals surface area (Å²) >= 11 is 0. The summed E-state index contributed by atoms with van der Waals surface area (Å²) in [4.78, 5) is 17.0. The van der Waals surface area contributed by atoms with Gasteiger partial charge in [-0.3, -0.25) is 0 Å². The van der Waals surface area contributed by atoms with Crippen LogP contribution in [0.2, 0.25) is 0 Å². The van der Waals surface area contributed by atoms with Crippen molar-refractivity contribution in [1.82, 2.24) is 4.98 Å². The first-order chi connectivity index (χ1) is 8.40. The van der Waals surface area contributed by atoms with Crippen molar-refractivity contribution in [2.75, 3.05) is 18.0 Å². The van der Waals surface area contributed by atoms with Crippen LogP contribution in [-0.4, -0.2) is 39.9 Å². The molecule has 1 aliphatic rings. The molecular weight excluding hydrogens is 232 g/mol. The van der Waals surface area contributed by atoms with Gasteiger partial charge in [0.15, 0.2) is 5.69 Å². The number of anilines is 1. The molecule has 18 heavy (non-hydrogen) atoms. The third-order valence-electron chi connectivity index (χ3n) is 3.72. The molecule has 1 aliphatic heterocycles. The van der Waals surface area contributed by atoms with E-state index in [0.29, 0.717) is 25.3 Å². The highest BCUT2D eigenvalue weighted by atomic mass is 16.4. The molecule has 5 heteroatoms. The standard InChI is InChI=1S/C13H18N2O3/c1-9-8-15(7-6-13(9,2)18)11-5-3-4-10(14-11)12(16)17/h3-5,9,18H,6-8H2,1-2H3,(H,16,17)/t9-,13+/m1/s1. The second-order valence-corrected chi connectivity index (χ2v) is 5.14. The first-order valence-corrected chi connectivity index (χ1v) is 6.08. The van der Waals surface area contributed by atoms with Crippen molar-refractivity contribution in [2.45, 2.75) is 25.9 Å². The maximum Gasteiger partial charge on any atom is 0.354 e. The lowest BCUT2D eigenvalue weighted by Gasteiger charge is -2.41. The monoisotopic (exact) mass is 250 g/mol. The Balaban J connectivity index is 2.18. The first-order valence-electron chi connectivity index (χ1n) is 6.08. The van der Waals surface area contributed by atoms with Crippen LogP contribution in [0, 0.1) is 5.92 Å². The van der Waals surface area contributed by atoms with Crippen LogP contribution in [0.1, 0.15) is 30.8 Å². The fraction of sp³-hybridized carbons (Fsp3) is 0.538. The summed E-state index contributed by atoms with van der Waals surface area (Å²) < 4.78 is 0. The van der Waals surface area contributed by atoms with Gasteiger partial charge in [0.25, 0.3) is 0 Å². The molecule has 0 unspecified atom stereocenters. The number of hydrogen-bond donors (Lipinski definition) is 2. The van der Waals surface area contributed by atoms with Crippen LogP contribution < -0.4 is 4.90 Å². The number of nitrogens with zero attached hydrogens (tertiary/aromatic N) is 2. The number of aromatic carboxylic acids is 1. The number of aromatic nitrogens is 1. The quantitative estimate of drug-likeness (QED) is 0.829. The molecule has 2 atom stereocenters. The predicted octanol–water partition coefficient (Wildman–Crippen LogP) is 1.38. The van der Waals surface area contributed by atoms with E-state index in [1.54, 1.807) is 12.1 Å². The van der Waals surface area contributed by atoms with Crippen LogP contribution in [0.3, 0.4) is 0 Å². The highest BCUT2D eigenvalue weighted by molar-refractivity contribution is 5.85. The fourth-order valence-corrected chi connectivity index (χ4v) is 2.15. The van der Waals surface area contributed by atoms with E-state index in [0.717, 1.165) is 0 Å². The van der Waals surface area contributed by atoms with Gasteiger partial charge < -0.3 is 15.1 Å². The van der Waals surface area contributed by atoms with E-state index in [-0.39, 0.29) is 11.6 Å². The molecule has 0 aromatic carbocycles. The number of pyridine rings is 1. The van der Waals surface area contributed by atoms with Gasteiger partial charge in [0.1, 0.15) is 5.82 Å². The van der Waals surface area contributed by atoms with Gasteiger partial charge in [0, 0.05) is 19.0 Å². The van der Waals surface area contributed by atoms with Gasteiger partial charge in [-0.2, -0.15) is 0 Å². The fourth-order valence-electron chi connectivity index (χ4n) is 2.15. The maximum absolute atomic E-state index is 10.9. The molecule has 0 radical (unpaired) electrons. The predicted molar refractivity (Wildman–Crippen MR) is 67.8 cm³/mol. The van der Waals surface area contributed by atoms with E-state index in [9.17, 15) is 9.90 Å². The van der Waals surface area contributed by atoms with Gasteiger partial charge in [-0.1, -0.05) is 13.0 Å². The normalized spacial score (nSPS) is 28.2. The lowest BCUT2D eigenvalue weighted by Crippen LogP contribution is -2.49. The van der Waals surface area contributed by atoms with Crippen LogP contribution in [0.15, 0.2) is 18.2 Å². The molecule has 1 saturated heterocycles. The summed E-state index contributed by atoms with van der Waals surface area (Å²) in [6.45, 7) is 5.21. The third kappa shape index (κ3) is 2.46. The number of hydrogen-bond acceptors (Lipinski definition) is 4. The van der Waals surface area contributed by atoms with Crippen LogP contribution in [0.25, 0.3) is 0 Å². The topological polar surface area (TPSA) is 73.7 Å². The number of carbonyl (C=O) groups is 1. The lowest BCUT2D eigenvalue weighted by molar-refractivity contribution is -0.00949. The van der Waals surface area contributed by atoms with Gasteiger partial charge in [-0.15, -0.1) is 0 Å². The van der Waals surface area contributed by atoms with Gasteiger partial charge in [0.2, 0.25) is 0 Å². The molecule has 0 aliphatic carbocycles. The molecule has 0 bridgehead atoms. The Morgan fingerprint density at radius 3 is 2.89 bits per heavy atom. The van der Waals surface area contributed by atoms with Gasteiger partial charge >= 0.3 is 5.97 Å². The molecule has 5 nitrogen and oxygen atoms in total. The average Bonchev–Trinajstić information content (AvgIpc) is 2.33. The van der Waals surface area contributed by atoms with Gasteiger partial charge in [-0.25, -0.2) is 9.78 Å². The Labute approximate surface area is 106 Å². The first kappa shape index (κ1) is 12.8. The SMILES string of the molecule is C[C@@H]1CN(c2cccc(C(=O)O)n2)CC[C@]1(C)O. The maximum atomic E-state index is 10.9. The number of rotatable bonds is 2. The average molecular weight is 250 g/mol. The van der Waals surface area contributed by atoms with Crippen LogP contribution in [0.4, 0.5) is 5.82 Å². The van der Waals surface area contributed by atoms with Crippen molar-refractivity contribution in [2.24, 2.45) is 5.92 Å². The van der Waals surface area contributed by atoms with Crippen LogP contribution in [-0.2, 0) is 0 Å². The third-order valence-corrected chi connectivity index (χ3v) is 3.72. The van der Waals surface area contributed by atoms with E-state index in [1.165, 1.54) is 6.07 Å². The van der Waals surface area contributed by atoms with Crippen molar-refractivity contribution in [1.29, 1.82) is 0 Å².